The van der Waals surface area contributed by atoms with Crippen LogP contribution < -0.4 is 5.73 Å². The minimum atomic E-state index is 0.283. The van der Waals surface area contributed by atoms with Crippen LogP contribution in [0.2, 0.25) is 0 Å². The molecule has 2 N–H and O–H groups in total. The molecular weight excluding hydrogens is 264 g/mol. The molecule has 1 aliphatic carbocycles. The van der Waals surface area contributed by atoms with E-state index in [2.05, 4.69) is 23.1 Å². The maximum absolute atomic E-state index is 6.12. The van der Waals surface area contributed by atoms with Gasteiger partial charge in [-0.05, 0) is 19.3 Å². The molecule has 1 saturated carbocycles. The van der Waals surface area contributed by atoms with Crippen molar-refractivity contribution < 1.29 is 4.74 Å². The van der Waals surface area contributed by atoms with Gasteiger partial charge in [0.25, 0.3) is 0 Å². The van der Waals surface area contributed by atoms with E-state index >= 15 is 0 Å². The van der Waals surface area contributed by atoms with E-state index < -0.39 is 0 Å². The predicted octanol–water partition coefficient (Wildman–Crippen LogP) is 1.94. The standard InChI is InChI=1S/C16H28N4O/c1-2-7-19-12-13(11-18-19)15(10-17)20-8-9-21-16-6-4-3-5-14(16)20/h11-12,14-16H,2-10,17H2,1H3. The Morgan fingerprint density at radius 1 is 1.43 bits per heavy atom. The van der Waals surface area contributed by atoms with Crippen molar-refractivity contribution in [3.05, 3.63) is 18.0 Å². The molecule has 3 rings (SSSR count). The summed E-state index contributed by atoms with van der Waals surface area (Å²) in [5.74, 6) is 0. The van der Waals surface area contributed by atoms with Crippen molar-refractivity contribution in [3.8, 4) is 0 Å². The lowest BCUT2D eigenvalue weighted by Gasteiger charge is -2.47. The molecule has 1 aromatic rings. The fourth-order valence-electron chi connectivity index (χ4n) is 3.88. The maximum atomic E-state index is 6.12. The summed E-state index contributed by atoms with van der Waals surface area (Å²) in [5, 5.41) is 4.48. The van der Waals surface area contributed by atoms with Crippen LogP contribution in [-0.4, -0.2) is 46.5 Å². The first-order chi connectivity index (χ1) is 10.3. The second-order valence-electron chi connectivity index (χ2n) is 6.29. The van der Waals surface area contributed by atoms with Crippen LogP contribution >= 0.6 is 0 Å². The Kier molecular flexibility index (Phi) is 4.93. The normalized spacial score (nSPS) is 28.3. The lowest BCUT2D eigenvalue weighted by molar-refractivity contribution is -0.102. The highest BCUT2D eigenvalue weighted by Gasteiger charge is 2.37. The third-order valence-corrected chi connectivity index (χ3v) is 4.89. The average Bonchev–Trinajstić information content (AvgIpc) is 2.97. The molecular formula is C16H28N4O. The van der Waals surface area contributed by atoms with Crippen LogP contribution in [0.3, 0.4) is 0 Å². The van der Waals surface area contributed by atoms with E-state index in [9.17, 15) is 0 Å². The van der Waals surface area contributed by atoms with Gasteiger partial charge in [-0.2, -0.15) is 5.10 Å². The third kappa shape index (κ3) is 3.15. The maximum Gasteiger partial charge on any atom is 0.0731 e. The molecule has 1 saturated heterocycles. The third-order valence-electron chi connectivity index (χ3n) is 4.89. The molecule has 1 aromatic heterocycles. The first-order valence-corrected chi connectivity index (χ1v) is 8.43. The van der Waals surface area contributed by atoms with Gasteiger partial charge >= 0.3 is 0 Å². The van der Waals surface area contributed by atoms with Crippen molar-refractivity contribution in [1.29, 1.82) is 0 Å². The number of hydrogen-bond acceptors (Lipinski definition) is 4. The van der Waals surface area contributed by atoms with Gasteiger partial charge < -0.3 is 10.5 Å². The molecule has 2 aliphatic rings. The lowest BCUT2D eigenvalue weighted by atomic mass is 9.88. The van der Waals surface area contributed by atoms with Crippen molar-refractivity contribution >= 4 is 0 Å². The molecule has 0 radical (unpaired) electrons. The highest BCUT2D eigenvalue weighted by atomic mass is 16.5. The molecule has 5 heteroatoms. The van der Waals surface area contributed by atoms with E-state index in [1.54, 1.807) is 0 Å². The molecule has 3 unspecified atom stereocenters. The molecule has 0 bridgehead atoms. The molecule has 3 atom stereocenters. The van der Waals surface area contributed by atoms with Crippen LogP contribution in [0.1, 0.15) is 50.6 Å². The minimum Gasteiger partial charge on any atom is -0.375 e. The fourth-order valence-corrected chi connectivity index (χ4v) is 3.88. The zero-order valence-electron chi connectivity index (χ0n) is 13.1. The summed E-state index contributed by atoms with van der Waals surface area (Å²) in [6.07, 6.45) is 10.8. The molecule has 0 spiro atoms. The van der Waals surface area contributed by atoms with Gasteiger partial charge in [0.05, 0.1) is 24.9 Å². The second kappa shape index (κ2) is 6.90. The Balaban J connectivity index is 1.77. The Morgan fingerprint density at radius 2 is 2.29 bits per heavy atom. The Labute approximate surface area is 127 Å². The largest absolute Gasteiger partial charge is 0.375 e. The summed E-state index contributed by atoms with van der Waals surface area (Å²) in [6, 6.07) is 0.820. The quantitative estimate of drug-likeness (QED) is 0.901. The number of nitrogens with zero attached hydrogens (tertiary/aromatic N) is 3. The smallest absolute Gasteiger partial charge is 0.0731 e. The zero-order chi connectivity index (χ0) is 14.7. The highest BCUT2D eigenvalue weighted by molar-refractivity contribution is 5.13. The van der Waals surface area contributed by atoms with Gasteiger partial charge in [0.15, 0.2) is 0 Å². The van der Waals surface area contributed by atoms with E-state index in [0.29, 0.717) is 18.7 Å². The van der Waals surface area contributed by atoms with Crippen LogP contribution in [-0.2, 0) is 11.3 Å². The van der Waals surface area contributed by atoms with Crippen molar-refractivity contribution in [1.82, 2.24) is 14.7 Å². The van der Waals surface area contributed by atoms with Gasteiger partial charge in [-0.15, -0.1) is 0 Å². The number of morpholine rings is 1. The topological polar surface area (TPSA) is 56.3 Å². The first kappa shape index (κ1) is 15.0. The molecule has 2 fully saturated rings. The van der Waals surface area contributed by atoms with Gasteiger partial charge in [0.1, 0.15) is 0 Å². The second-order valence-corrected chi connectivity index (χ2v) is 6.29. The monoisotopic (exact) mass is 292 g/mol. The van der Waals surface area contributed by atoms with Crippen LogP contribution in [0, 0.1) is 0 Å². The van der Waals surface area contributed by atoms with E-state index in [1.807, 2.05) is 10.9 Å². The lowest BCUT2D eigenvalue weighted by Crippen LogP contribution is -2.54. The van der Waals surface area contributed by atoms with Crippen molar-refractivity contribution in [2.24, 2.45) is 5.73 Å². The number of aromatic nitrogens is 2. The number of nitrogens with two attached hydrogens (primary N) is 1. The molecule has 5 nitrogen and oxygen atoms in total. The highest BCUT2D eigenvalue weighted by Crippen LogP contribution is 2.33. The SMILES string of the molecule is CCCn1cc(C(CN)N2CCOC3CCCCC32)cn1. The van der Waals surface area contributed by atoms with Crippen molar-refractivity contribution in [2.45, 2.75) is 63.8 Å². The molecule has 0 aromatic carbocycles. The Bertz CT molecular complexity index is 445. The molecule has 2 heterocycles. The summed E-state index contributed by atoms with van der Waals surface area (Å²) < 4.78 is 8.02. The van der Waals surface area contributed by atoms with Gasteiger partial charge in [-0.25, -0.2) is 0 Å². The van der Waals surface area contributed by atoms with Crippen molar-refractivity contribution in [2.75, 3.05) is 19.7 Å². The summed E-state index contributed by atoms with van der Waals surface area (Å²) in [6.45, 7) is 5.63. The van der Waals surface area contributed by atoms with E-state index in [4.69, 9.17) is 10.5 Å². The number of aryl methyl sites for hydroxylation is 1. The van der Waals surface area contributed by atoms with Crippen molar-refractivity contribution in [3.63, 3.8) is 0 Å². The number of rotatable bonds is 5. The number of ether oxygens (including phenoxy) is 1. The molecule has 0 amide bonds. The van der Waals surface area contributed by atoms with Gasteiger partial charge in [0, 0.05) is 37.4 Å². The molecule has 21 heavy (non-hydrogen) atoms. The summed E-state index contributed by atoms with van der Waals surface area (Å²) in [5.41, 5.74) is 7.38. The van der Waals surface area contributed by atoms with E-state index in [-0.39, 0.29) is 6.04 Å². The van der Waals surface area contributed by atoms with E-state index in [1.165, 1.54) is 31.2 Å². The molecule has 118 valence electrons. The minimum absolute atomic E-state index is 0.283. The summed E-state index contributed by atoms with van der Waals surface area (Å²) in [7, 11) is 0. The predicted molar refractivity (Wildman–Crippen MR) is 83.0 cm³/mol. The van der Waals surface area contributed by atoms with E-state index in [0.717, 1.165) is 26.1 Å². The first-order valence-electron chi connectivity index (χ1n) is 8.43. The van der Waals surface area contributed by atoms with Crippen LogP contribution in [0.5, 0.6) is 0 Å². The number of hydrogen-bond donors (Lipinski definition) is 1. The Morgan fingerprint density at radius 3 is 3.10 bits per heavy atom. The average molecular weight is 292 g/mol. The van der Waals surface area contributed by atoms with Crippen LogP contribution in [0.4, 0.5) is 0 Å². The number of fused-ring (bicyclic) bond motifs is 1. The van der Waals surface area contributed by atoms with Gasteiger partial charge in [-0.1, -0.05) is 19.8 Å². The summed E-state index contributed by atoms with van der Waals surface area (Å²) >= 11 is 0. The fraction of sp³-hybridized carbons (Fsp3) is 0.812. The van der Waals surface area contributed by atoms with Gasteiger partial charge in [-0.3, -0.25) is 9.58 Å². The zero-order valence-corrected chi connectivity index (χ0v) is 13.1. The summed E-state index contributed by atoms with van der Waals surface area (Å²) in [4.78, 5) is 2.58. The van der Waals surface area contributed by atoms with Gasteiger partial charge in [0.2, 0.25) is 0 Å². The van der Waals surface area contributed by atoms with Crippen LogP contribution in [0.15, 0.2) is 12.4 Å². The van der Waals surface area contributed by atoms with Crippen LogP contribution in [0.25, 0.3) is 0 Å². The molecule has 1 aliphatic heterocycles. The Hall–Kier alpha value is -0.910.